The molecule has 1 rings (SSSR count). The van der Waals surface area contributed by atoms with Crippen LogP contribution in [0.4, 0.5) is 0 Å². The summed E-state index contributed by atoms with van der Waals surface area (Å²) >= 11 is 0. The molecule has 0 aliphatic carbocycles. The molecule has 0 aromatic rings. The first-order chi connectivity index (χ1) is 26.0. The van der Waals surface area contributed by atoms with Gasteiger partial charge in [-0.2, -0.15) is 5.06 Å². The summed E-state index contributed by atoms with van der Waals surface area (Å²) < 4.78 is 21.7. The lowest BCUT2D eigenvalue weighted by Gasteiger charge is -2.26. The smallest absolute Gasteiger partial charge is 0.257 e. The second kappa shape index (κ2) is 26.9. The zero-order chi connectivity index (χ0) is 41.5. The first-order valence-corrected chi connectivity index (χ1v) is 19.0. The molecule has 0 spiro atoms. The highest BCUT2D eigenvalue weighted by Gasteiger charge is 2.41. The molecule has 6 amide bonds. The first-order valence-electron chi connectivity index (χ1n) is 19.0. The predicted octanol–water partition coefficient (Wildman–Crippen LogP) is 0.246. The number of ether oxygens (including phenoxy) is 4. The number of hydrogen-bond donors (Lipinski definition) is 4. The second-order valence-corrected chi connectivity index (χ2v) is 14.3. The van der Waals surface area contributed by atoms with Crippen molar-refractivity contribution in [1.82, 2.24) is 26.3 Å². The van der Waals surface area contributed by atoms with Crippen LogP contribution < -0.4 is 21.3 Å². The molecule has 0 aromatic heterocycles. The fraction of sp³-hybridized carbons (Fsp3) is 0.784. The fourth-order valence-electron chi connectivity index (χ4n) is 5.20. The van der Waals surface area contributed by atoms with Crippen LogP contribution in [0.5, 0.6) is 0 Å². The zero-order valence-electron chi connectivity index (χ0n) is 33.7. The Kier molecular flexibility index (Phi) is 24.0. The number of hydroxylamine groups is 2. The van der Waals surface area contributed by atoms with Crippen molar-refractivity contribution in [2.75, 3.05) is 66.0 Å². The van der Waals surface area contributed by atoms with E-state index in [9.17, 15) is 38.4 Å². The number of nitrogens with one attached hydrogen (secondary N) is 4. The Balaban J connectivity index is 2.20. The van der Waals surface area contributed by atoms with Crippen LogP contribution in [0, 0.1) is 23.7 Å². The maximum Gasteiger partial charge on any atom is 0.257 e. The number of rotatable bonds is 30. The topological polar surface area (TPSA) is 234 Å². The molecule has 0 radical (unpaired) electrons. The van der Waals surface area contributed by atoms with E-state index in [1.807, 2.05) is 13.8 Å². The van der Waals surface area contributed by atoms with E-state index in [1.54, 1.807) is 34.6 Å². The minimum absolute atomic E-state index is 0.00219. The molecule has 4 N–H and O–H groups in total. The quantitative estimate of drug-likeness (QED) is 0.0566. The van der Waals surface area contributed by atoms with E-state index in [-0.39, 0.29) is 94.6 Å². The van der Waals surface area contributed by atoms with E-state index < -0.39 is 66.1 Å². The SMILES string of the molecule is CC(=O)CC[C@@H](NC(=O)CCOCCOCCOCCOCCNC(=O)CON1C(=O)CC(C(C)C)C1=O)C(=O)N[C@H](C(=O)N[C@@H](C)C(=O)C(C)C)C(C)C. The number of amides is 6. The minimum Gasteiger partial charge on any atom is -0.379 e. The number of ketones is 2. The molecular formula is C37H63N5O13. The standard InChI is InChI=1S/C37H63N5O13/c1-23(2)28-21-32(46)42(37(28)50)55-22-31(45)38-12-14-52-16-18-54-20-19-53-17-15-51-13-11-30(44)40-29(10-9-26(7)43)35(48)41-33(24(3)4)36(49)39-27(8)34(47)25(5)6/h23-25,27-29,33H,9-22H2,1-8H3,(H,38,45)(H,39,49)(H,40,44)(H,41,48)/t27-,28?,29+,33-/m0/s1. The van der Waals surface area contributed by atoms with E-state index in [0.717, 1.165) is 0 Å². The molecule has 1 heterocycles. The van der Waals surface area contributed by atoms with Gasteiger partial charge in [-0.3, -0.25) is 38.4 Å². The van der Waals surface area contributed by atoms with Gasteiger partial charge in [-0.1, -0.05) is 41.5 Å². The molecule has 0 aromatic carbocycles. The number of Topliss-reactive ketones (excluding diaryl/α,β-unsaturated/α-hetero) is 2. The van der Waals surface area contributed by atoms with Crippen LogP contribution >= 0.6 is 0 Å². The zero-order valence-corrected chi connectivity index (χ0v) is 33.7. The van der Waals surface area contributed by atoms with E-state index in [2.05, 4.69) is 21.3 Å². The average Bonchev–Trinajstić information content (AvgIpc) is 3.40. The largest absolute Gasteiger partial charge is 0.379 e. The molecule has 1 saturated heterocycles. The molecule has 1 unspecified atom stereocenters. The van der Waals surface area contributed by atoms with Gasteiger partial charge in [0.15, 0.2) is 12.4 Å². The van der Waals surface area contributed by atoms with E-state index in [0.29, 0.717) is 24.9 Å². The van der Waals surface area contributed by atoms with Crippen molar-refractivity contribution < 1.29 is 62.1 Å². The number of nitrogens with zero attached hydrogens (tertiary/aromatic N) is 1. The van der Waals surface area contributed by atoms with Crippen molar-refractivity contribution in [1.29, 1.82) is 0 Å². The van der Waals surface area contributed by atoms with Crippen molar-refractivity contribution in [3.05, 3.63) is 0 Å². The summed E-state index contributed by atoms with van der Waals surface area (Å²) in [6, 6.07) is -2.75. The monoisotopic (exact) mass is 785 g/mol. The summed E-state index contributed by atoms with van der Waals surface area (Å²) in [6.07, 6.45) is 0.122. The molecule has 1 aliphatic heterocycles. The molecular weight excluding hydrogens is 722 g/mol. The van der Waals surface area contributed by atoms with E-state index in [4.69, 9.17) is 23.8 Å². The van der Waals surface area contributed by atoms with Crippen LogP contribution in [-0.2, 0) is 62.1 Å². The lowest BCUT2D eigenvalue weighted by Crippen LogP contribution is -2.57. The van der Waals surface area contributed by atoms with Gasteiger partial charge >= 0.3 is 0 Å². The summed E-state index contributed by atoms with van der Waals surface area (Å²) in [4.78, 5) is 104. The average molecular weight is 786 g/mol. The fourth-order valence-corrected chi connectivity index (χ4v) is 5.20. The third kappa shape index (κ3) is 20.1. The maximum absolute atomic E-state index is 13.2. The van der Waals surface area contributed by atoms with Crippen LogP contribution in [-0.4, -0.2) is 136 Å². The maximum atomic E-state index is 13.2. The van der Waals surface area contributed by atoms with Gasteiger partial charge in [0.2, 0.25) is 23.6 Å². The van der Waals surface area contributed by atoms with Gasteiger partial charge in [0.25, 0.3) is 11.8 Å². The lowest BCUT2D eigenvalue weighted by molar-refractivity contribution is -0.189. The summed E-state index contributed by atoms with van der Waals surface area (Å²) in [7, 11) is 0. The minimum atomic E-state index is -1.05. The van der Waals surface area contributed by atoms with Crippen molar-refractivity contribution in [2.45, 2.75) is 99.2 Å². The van der Waals surface area contributed by atoms with Crippen molar-refractivity contribution in [2.24, 2.45) is 23.7 Å². The number of carbonyl (C=O) groups excluding carboxylic acids is 8. The van der Waals surface area contributed by atoms with Crippen molar-refractivity contribution in [3.63, 3.8) is 0 Å². The van der Waals surface area contributed by atoms with Crippen LogP contribution in [0.15, 0.2) is 0 Å². The van der Waals surface area contributed by atoms with Crippen LogP contribution in [0.1, 0.15) is 81.1 Å². The number of hydrogen-bond acceptors (Lipinski definition) is 13. The Labute approximate surface area is 324 Å². The van der Waals surface area contributed by atoms with Crippen molar-refractivity contribution >= 4 is 47.0 Å². The molecule has 314 valence electrons. The van der Waals surface area contributed by atoms with Gasteiger partial charge in [0.05, 0.1) is 64.8 Å². The number of carbonyl (C=O) groups is 8. The van der Waals surface area contributed by atoms with Crippen molar-refractivity contribution in [3.8, 4) is 0 Å². The summed E-state index contributed by atoms with van der Waals surface area (Å²) in [5.41, 5.74) is 0. The third-order valence-corrected chi connectivity index (χ3v) is 8.46. The highest BCUT2D eigenvalue weighted by Crippen LogP contribution is 2.26. The lowest BCUT2D eigenvalue weighted by atomic mass is 9.95. The van der Waals surface area contributed by atoms with Gasteiger partial charge in [0.1, 0.15) is 17.9 Å². The molecule has 1 aliphatic rings. The Bertz CT molecular complexity index is 1280. The molecule has 4 atom stereocenters. The molecule has 18 heteroatoms. The molecule has 1 fully saturated rings. The highest BCUT2D eigenvalue weighted by molar-refractivity contribution is 6.02. The van der Waals surface area contributed by atoms with E-state index in [1.165, 1.54) is 6.92 Å². The van der Waals surface area contributed by atoms with Gasteiger partial charge in [-0.05, 0) is 32.1 Å². The van der Waals surface area contributed by atoms with Gasteiger partial charge in [-0.25, -0.2) is 0 Å². The predicted molar refractivity (Wildman–Crippen MR) is 198 cm³/mol. The Hall–Kier alpha value is -3.84. The van der Waals surface area contributed by atoms with Gasteiger partial charge in [0, 0.05) is 31.7 Å². The van der Waals surface area contributed by atoms with Gasteiger partial charge < -0.3 is 45.0 Å². The molecule has 0 bridgehead atoms. The molecule has 18 nitrogen and oxygen atoms in total. The number of imide groups is 1. The van der Waals surface area contributed by atoms with E-state index >= 15 is 0 Å². The third-order valence-electron chi connectivity index (χ3n) is 8.46. The normalized spacial score (nSPS) is 16.0. The van der Waals surface area contributed by atoms with Crippen LogP contribution in [0.3, 0.4) is 0 Å². The molecule has 55 heavy (non-hydrogen) atoms. The Morgan fingerprint density at radius 2 is 1.27 bits per heavy atom. The first kappa shape index (κ1) is 49.2. The molecule has 0 saturated carbocycles. The van der Waals surface area contributed by atoms with Crippen LogP contribution in [0.25, 0.3) is 0 Å². The Morgan fingerprint density at radius 3 is 1.78 bits per heavy atom. The highest BCUT2D eigenvalue weighted by atomic mass is 16.7. The van der Waals surface area contributed by atoms with Crippen LogP contribution in [0.2, 0.25) is 0 Å². The van der Waals surface area contributed by atoms with Gasteiger partial charge in [-0.15, -0.1) is 0 Å². The summed E-state index contributed by atoms with van der Waals surface area (Å²) in [6.45, 7) is 15.3. The summed E-state index contributed by atoms with van der Waals surface area (Å²) in [5.74, 6) is -4.30. The second-order valence-electron chi connectivity index (χ2n) is 14.3. The Morgan fingerprint density at radius 1 is 0.709 bits per heavy atom. The summed E-state index contributed by atoms with van der Waals surface area (Å²) in [5, 5.41) is 11.2.